The van der Waals surface area contributed by atoms with Gasteiger partial charge in [-0.1, -0.05) is 41.4 Å². The van der Waals surface area contributed by atoms with Crippen molar-refractivity contribution >= 4 is 32.3 Å². The van der Waals surface area contributed by atoms with Crippen LogP contribution < -0.4 is 10.2 Å². The zero-order valence-corrected chi connectivity index (χ0v) is 19.3. The monoisotopic (exact) mass is 467 g/mol. The van der Waals surface area contributed by atoms with Crippen LogP contribution in [0.1, 0.15) is 18.1 Å². The number of hydrogen-bond donors (Lipinski definition) is 0. The normalized spacial score (nSPS) is 11.6. The Balaban J connectivity index is 1.97. The van der Waals surface area contributed by atoms with Gasteiger partial charge in [-0.05, 0) is 61.9 Å². The van der Waals surface area contributed by atoms with Crippen molar-refractivity contribution in [2.45, 2.75) is 30.2 Å². The van der Waals surface area contributed by atoms with Crippen LogP contribution in [0.15, 0.2) is 87.5 Å². The fourth-order valence-electron chi connectivity index (χ4n) is 3.61. The predicted molar refractivity (Wildman–Crippen MR) is 127 cm³/mol. The first-order valence-corrected chi connectivity index (χ1v) is 12.0. The van der Waals surface area contributed by atoms with Crippen LogP contribution in [0.5, 0.6) is 5.75 Å². The largest absolute Gasteiger partial charge is 0.494 e. The van der Waals surface area contributed by atoms with Crippen LogP contribution in [0.4, 0.5) is 0 Å². The Hall–Kier alpha value is -3.09. The molecule has 0 N–H and O–H groups in total. The maximum absolute atomic E-state index is 13.4. The number of sulfone groups is 1. The smallest absolute Gasteiger partial charge is 0.211 e. The standard InChI is InChI=1S/C25H22ClNO4S/c1-3-31-20-9-12-23-22(14-20)25(28)24(32(29,30)21-10-7-17(2)8-11-21)16-27(23)15-18-5-4-6-19(26)13-18/h4-14,16H,3,15H2,1-2H3. The average Bonchev–Trinajstić information content (AvgIpc) is 2.76. The number of nitrogens with zero attached hydrogens (tertiary/aromatic N) is 1. The summed E-state index contributed by atoms with van der Waals surface area (Å²) in [6, 6.07) is 18.9. The second-order valence-corrected chi connectivity index (χ2v) is 9.86. The Bertz CT molecular complexity index is 1460. The van der Waals surface area contributed by atoms with Crippen LogP contribution in [0.2, 0.25) is 5.02 Å². The molecule has 0 spiro atoms. The molecule has 0 aliphatic rings. The molecule has 0 aliphatic heterocycles. The van der Waals surface area contributed by atoms with Gasteiger partial charge in [0, 0.05) is 17.8 Å². The molecular formula is C25H22ClNO4S. The van der Waals surface area contributed by atoms with Gasteiger partial charge in [-0.3, -0.25) is 4.79 Å². The number of ether oxygens (including phenoxy) is 1. The molecule has 0 amide bonds. The summed E-state index contributed by atoms with van der Waals surface area (Å²) in [6.45, 7) is 4.50. The summed E-state index contributed by atoms with van der Waals surface area (Å²) in [6.07, 6.45) is 1.42. The SMILES string of the molecule is CCOc1ccc2c(c1)c(=O)c(S(=O)(=O)c1ccc(C)cc1)cn2Cc1cccc(Cl)c1. The molecule has 1 aromatic heterocycles. The topological polar surface area (TPSA) is 65.4 Å². The van der Waals surface area contributed by atoms with Crippen molar-refractivity contribution in [2.24, 2.45) is 0 Å². The van der Waals surface area contributed by atoms with Gasteiger partial charge in [-0.25, -0.2) is 8.42 Å². The third-order valence-electron chi connectivity index (χ3n) is 5.19. The Morgan fingerprint density at radius 2 is 1.75 bits per heavy atom. The minimum Gasteiger partial charge on any atom is -0.494 e. The molecule has 0 atom stereocenters. The first-order chi connectivity index (χ1) is 15.3. The summed E-state index contributed by atoms with van der Waals surface area (Å²) >= 11 is 6.14. The highest BCUT2D eigenvalue weighted by Crippen LogP contribution is 2.25. The minimum absolute atomic E-state index is 0.0785. The molecule has 0 radical (unpaired) electrons. The quantitative estimate of drug-likeness (QED) is 0.389. The van der Waals surface area contributed by atoms with Gasteiger partial charge >= 0.3 is 0 Å². The zero-order valence-electron chi connectivity index (χ0n) is 17.7. The van der Waals surface area contributed by atoms with Crippen molar-refractivity contribution in [2.75, 3.05) is 6.61 Å². The van der Waals surface area contributed by atoms with Gasteiger partial charge in [-0.15, -0.1) is 0 Å². The first-order valence-electron chi connectivity index (χ1n) is 10.2. The molecule has 32 heavy (non-hydrogen) atoms. The molecule has 0 unspecified atom stereocenters. The Labute approximate surface area is 191 Å². The number of aryl methyl sites for hydroxylation is 1. The summed E-state index contributed by atoms with van der Waals surface area (Å²) in [7, 11) is -4.03. The third kappa shape index (κ3) is 4.29. The fourth-order valence-corrected chi connectivity index (χ4v) is 5.19. The van der Waals surface area contributed by atoms with Crippen molar-refractivity contribution in [1.29, 1.82) is 0 Å². The van der Waals surface area contributed by atoms with Gasteiger partial charge in [0.2, 0.25) is 15.3 Å². The Morgan fingerprint density at radius 1 is 1.00 bits per heavy atom. The molecule has 0 saturated heterocycles. The van der Waals surface area contributed by atoms with E-state index in [2.05, 4.69) is 0 Å². The Kier molecular flexibility index (Phi) is 6.09. The lowest BCUT2D eigenvalue weighted by Crippen LogP contribution is -2.19. The third-order valence-corrected chi connectivity index (χ3v) is 7.19. The van der Waals surface area contributed by atoms with E-state index in [1.54, 1.807) is 41.0 Å². The lowest BCUT2D eigenvalue weighted by atomic mass is 10.1. The lowest BCUT2D eigenvalue weighted by Gasteiger charge is -2.15. The summed E-state index contributed by atoms with van der Waals surface area (Å²) in [5, 5.41) is 0.866. The zero-order chi connectivity index (χ0) is 22.9. The van der Waals surface area contributed by atoms with Gasteiger partial charge in [-0.2, -0.15) is 0 Å². The number of fused-ring (bicyclic) bond motifs is 1. The average molecular weight is 468 g/mol. The molecule has 4 aromatic rings. The number of pyridine rings is 1. The van der Waals surface area contributed by atoms with E-state index in [1.807, 2.05) is 32.0 Å². The van der Waals surface area contributed by atoms with Crippen LogP contribution in [0.25, 0.3) is 10.9 Å². The van der Waals surface area contributed by atoms with Gasteiger partial charge < -0.3 is 9.30 Å². The number of benzene rings is 3. The molecule has 4 rings (SSSR count). The van der Waals surface area contributed by atoms with E-state index in [0.717, 1.165) is 11.1 Å². The second kappa shape index (κ2) is 8.81. The minimum atomic E-state index is -4.03. The predicted octanol–water partition coefficient (Wildman–Crippen LogP) is 5.24. The van der Waals surface area contributed by atoms with Gasteiger partial charge in [0.15, 0.2) is 0 Å². The summed E-state index contributed by atoms with van der Waals surface area (Å²) in [4.78, 5) is 13.2. The van der Waals surface area contributed by atoms with E-state index in [1.165, 1.54) is 18.3 Å². The molecule has 3 aromatic carbocycles. The molecule has 5 nitrogen and oxygen atoms in total. The van der Waals surface area contributed by atoms with Crippen LogP contribution in [-0.2, 0) is 16.4 Å². The summed E-state index contributed by atoms with van der Waals surface area (Å²) in [5.74, 6) is 0.510. The highest BCUT2D eigenvalue weighted by atomic mass is 35.5. The molecule has 0 bridgehead atoms. The molecule has 164 valence electrons. The molecular weight excluding hydrogens is 446 g/mol. The van der Waals surface area contributed by atoms with Gasteiger partial charge in [0.05, 0.1) is 22.4 Å². The number of rotatable bonds is 6. The second-order valence-electron chi connectivity index (χ2n) is 7.51. The molecule has 0 saturated carbocycles. The van der Waals surface area contributed by atoms with Crippen molar-refractivity contribution in [1.82, 2.24) is 4.57 Å². The maximum atomic E-state index is 13.4. The summed E-state index contributed by atoms with van der Waals surface area (Å²) < 4.78 is 34.1. The van der Waals surface area contributed by atoms with Crippen molar-refractivity contribution in [3.05, 3.63) is 99.3 Å². The van der Waals surface area contributed by atoms with E-state index in [0.29, 0.717) is 29.4 Å². The van der Waals surface area contributed by atoms with Crippen molar-refractivity contribution < 1.29 is 13.2 Å². The number of halogens is 1. The van der Waals surface area contributed by atoms with Gasteiger partial charge in [0.25, 0.3) is 0 Å². The van der Waals surface area contributed by atoms with E-state index in [9.17, 15) is 13.2 Å². The number of aromatic nitrogens is 1. The fraction of sp³-hybridized carbons (Fsp3) is 0.160. The van der Waals surface area contributed by atoms with E-state index >= 15 is 0 Å². The van der Waals surface area contributed by atoms with Crippen LogP contribution in [0.3, 0.4) is 0 Å². The molecule has 0 aliphatic carbocycles. The van der Waals surface area contributed by atoms with Crippen molar-refractivity contribution in [3.63, 3.8) is 0 Å². The molecule has 1 heterocycles. The van der Waals surface area contributed by atoms with Gasteiger partial charge in [0.1, 0.15) is 10.6 Å². The van der Waals surface area contributed by atoms with Crippen LogP contribution >= 0.6 is 11.6 Å². The molecule has 7 heteroatoms. The maximum Gasteiger partial charge on any atom is 0.211 e. The lowest BCUT2D eigenvalue weighted by molar-refractivity contribution is 0.340. The Morgan fingerprint density at radius 3 is 2.44 bits per heavy atom. The van der Waals surface area contributed by atoms with E-state index in [4.69, 9.17) is 16.3 Å². The summed E-state index contributed by atoms with van der Waals surface area (Å²) in [5.41, 5.74) is 1.88. The van der Waals surface area contributed by atoms with Crippen LogP contribution in [-0.4, -0.2) is 19.6 Å². The molecule has 0 fully saturated rings. The van der Waals surface area contributed by atoms with Crippen molar-refractivity contribution in [3.8, 4) is 5.75 Å². The van der Waals surface area contributed by atoms with E-state index < -0.39 is 15.3 Å². The van der Waals surface area contributed by atoms with Crippen LogP contribution in [0, 0.1) is 6.92 Å². The highest BCUT2D eigenvalue weighted by molar-refractivity contribution is 7.91. The number of hydrogen-bond acceptors (Lipinski definition) is 4. The first kappa shape index (κ1) is 22.1. The highest BCUT2D eigenvalue weighted by Gasteiger charge is 2.24. The van der Waals surface area contributed by atoms with E-state index in [-0.39, 0.29) is 15.2 Å².